The van der Waals surface area contributed by atoms with Gasteiger partial charge in [-0.2, -0.15) is 0 Å². The Morgan fingerprint density at radius 2 is 2.37 bits per heavy atom. The van der Waals surface area contributed by atoms with Gasteiger partial charge in [-0.3, -0.25) is 15.1 Å². The predicted molar refractivity (Wildman–Crippen MR) is 77.5 cm³/mol. The van der Waals surface area contributed by atoms with Gasteiger partial charge in [0.25, 0.3) is 0 Å². The Morgan fingerprint density at radius 1 is 1.58 bits per heavy atom. The summed E-state index contributed by atoms with van der Waals surface area (Å²) in [5.41, 5.74) is 0.720. The van der Waals surface area contributed by atoms with E-state index in [2.05, 4.69) is 31.1 Å². The first kappa shape index (κ1) is 14.2. The molecule has 1 aromatic heterocycles. The Labute approximate surface area is 120 Å². The maximum absolute atomic E-state index is 11.2. The molecule has 1 fully saturated rings. The van der Waals surface area contributed by atoms with Crippen molar-refractivity contribution in [2.75, 3.05) is 25.0 Å². The number of hydrogen-bond acceptors (Lipinski definition) is 5. The van der Waals surface area contributed by atoms with Gasteiger partial charge in [0.2, 0.25) is 0 Å². The highest BCUT2D eigenvalue weighted by Crippen LogP contribution is 2.37. The van der Waals surface area contributed by atoms with Crippen LogP contribution < -0.4 is 10.2 Å². The molecule has 1 aliphatic rings. The summed E-state index contributed by atoms with van der Waals surface area (Å²) in [6.45, 7) is 1.67. The second kappa shape index (κ2) is 6.29. The van der Waals surface area contributed by atoms with Crippen molar-refractivity contribution >= 4 is 27.3 Å². The molecule has 1 aromatic rings. The van der Waals surface area contributed by atoms with Crippen molar-refractivity contribution in [1.29, 1.82) is 0 Å². The fraction of sp³-hybridized carbons (Fsp3) is 0.583. The largest absolute Gasteiger partial charge is 0.361 e. The zero-order valence-corrected chi connectivity index (χ0v) is 12.4. The van der Waals surface area contributed by atoms with Gasteiger partial charge >= 0.3 is 5.69 Å². The van der Waals surface area contributed by atoms with Crippen LogP contribution in [0, 0.1) is 10.1 Å². The molecule has 1 aliphatic heterocycles. The lowest BCUT2D eigenvalue weighted by Crippen LogP contribution is -2.45. The molecule has 0 amide bonds. The Balaban J connectivity index is 2.40. The second-order valence-corrected chi connectivity index (χ2v) is 5.50. The Kier molecular flexibility index (Phi) is 4.71. The van der Waals surface area contributed by atoms with Gasteiger partial charge in [0.05, 0.1) is 9.40 Å². The van der Waals surface area contributed by atoms with E-state index in [9.17, 15) is 10.1 Å². The SMILES string of the molecule is CNCC1CCCCN1c1c(Br)cncc1[N+](=O)[O-]. The van der Waals surface area contributed by atoms with E-state index in [0.29, 0.717) is 10.2 Å². The summed E-state index contributed by atoms with van der Waals surface area (Å²) >= 11 is 3.40. The Hall–Kier alpha value is -1.21. The molecule has 7 heteroatoms. The normalized spacial score (nSPS) is 19.5. The maximum atomic E-state index is 11.2. The minimum atomic E-state index is -0.363. The molecule has 0 bridgehead atoms. The van der Waals surface area contributed by atoms with Crippen LogP contribution in [0.4, 0.5) is 11.4 Å². The number of nitro groups is 1. The monoisotopic (exact) mass is 328 g/mol. The molecule has 2 rings (SSSR count). The summed E-state index contributed by atoms with van der Waals surface area (Å²) in [6.07, 6.45) is 6.22. The van der Waals surface area contributed by atoms with E-state index in [1.54, 1.807) is 6.20 Å². The smallest absolute Gasteiger partial charge is 0.311 e. The number of halogens is 1. The number of rotatable bonds is 4. The summed E-state index contributed by atoms with van der Waals surface area (Å²) in [5, 5.41) is 14.3. The molecule has 0 aromatic carbocycles. The first-order chi connectivity index (χ1) is 9.15. The summed E-state index contributed by atoms with van der Waals surface area (Å²) in [4.78, 5) is 16.9. The van der Waals surface area contributed by atoms with Gasteiger partial charge in [-0.05, 0) is 42.2 Å². The van der Waals surface area contributed by atoms with Crippen LogP contribution in [0.15, 0.2) is 16.9 Å². The minimum Gasteiger partial charge on any atom is -0.361 e. The summed E-state index contributed by atoms with van der Waals surface area (Å²) in [5.74, 6) is 0. The number of aromatic nitrogens is 1. The Morgan fingerprint density at radius 3 is 3.05 bits per heavy atom. The van der Waals surface area contributed by atoms with Gasteiger partial charge in [-0.1, -0.05) is 0 Å². The molecule has 0 spiro atoms. The van der Waals surface area contributed by atoms with Crippen LogP contribution in [0.1, 0.15) is 19.3 Å². The number of piperidine rings is 1. The van der Waals surface area contributed by atoms with Crippen molar-refractivity contribution < 1.29 is 4.92 Å². The Bertz CT molecular complexity index is 467. The first-order valence-electron chi connectivity index (χ1n) is 6.34. The van der Waals surface area contributed by atoms with E-state index in [-0.39, 0.29) is 16.7 Å². The van der Waals surface area contributed by atoms with Crippen LogP contribution in [0.25, 0.3) is 0 Å². The number of nitrogens with zero attached hydrogens (tertiary/aromatic N) is 3. The van der Waals surface area contributed by atoms with E-state index < -0.39 is 0 Å². The lowest BCUT2D eigenvalue weighted by atomic mass is 10.0. The highest BCUT2D eigenvalue weighted by molar-refractivity contribution is 9.10. The topological polar surface area (TPSA) is 71.3 Å². The van der Waals surface area contributed by atoms with Crippen molar-refractivity contribution in [3.8, 4) is 0 Å². The molecule has 0 radical (unpaired) electrons. The van der Waals surface area contributed by atoms with Gasteiger partial charge < -0.3 is 10.2 Å². The van der Waals surface area contributed by atoms with Crippen LogP contribution in [0.5, 0.6) is 0 Å². The molecular formula is C12H17BrN4O2. The third kappa shape index (κ3) is 3.03. The summed E-state index contributed by atoms with van der Waals surface area (Å²) < 4.78 is 0.685. The van der Waals surface area contributed by atoms with Gasteiger partial charge in [-0.15, -0.1) is 0 Å². The van der Waals surface area contributed by atoms with Crippen molar-refractivity contribution in [2.45, 2.75) is 25.3 Å². The molecular weight excluding hydrogens is 312 g/mol. The van der Waals surface area contributed by atoms with Crippen LogP contribution in [0.3, 0.4) is 0 Å². The van der Waals surface area contributed by atoms with Crippen molar-refractivity contribution in [3.63, 3.8) is 0 Å². The fourth-order valence-corrected chi connectivity index (χ4v) is 3.13. The third-order valence-electron chi connectivity index (χ3n) is 3.40. The van der Waals surface area contributed by atoms with Crippen LogP contribution in [0.2, 0.25) is 0 Å². The average Bonchev–Trinajstić information content (AvgIpc) is 2.40. The lowest BCUT2D eigenvalue weighted by Gasteiger charge is -2.37. The van der Waals surface area contributed by atoms with Gasteiger partial charge in [0, 0.05) is 25.3 Å². The van der Waals surface area contributed by atoms with Crippen LogP contribution in [-0.4, -0.2) is 36.1 Å². The minimum absolute atomic E-state index is 0.0670. The molecule has 19 heavy (non-hydrogen) atoms. The van der Waals surface area contributed by atoms with E-state index in [1.807, 2.05) is 7.05 Å². The van der Waals surface area contributed by atoms with Crippen molar-refractivity contribution in [2.24, 2.45) is 0 Å². The fourth-order valence-electron chi connectivity index (χ4n) is 2.58. The molecule has 2 heterocycles. The highest BCUT2D eigenvalue weighted by atomic mass is 79.9. The number of anilines is 1. The van der Waals surface area contributed by atoms with E-state index >= 15 is 0 Å². The molecule has 1 unspecified atom stereocenters. The molecule has 1 atom stereocenters. The van der Waals surface area contributed by atoms with Gasteiger partial charge in [-0.25, -0.2) is 0 Å². The molecule has 6 nitrogen and oxygen atoms in total. The maximum Gasteiger partial charge on any atom is 0.311 e. The molecule has 1 N–H and O–H groups in total. The molecule has 1 saturated heterocycles. The van der Waals surface area contributed by atoms with E-state index in [0.717, 1.165) is 25.9 Å². The summed E-state index contributed by atoms with van der Waals surface area (Å²) in [6, 6.07) is 0.288. The van der Waals surface area contributed by atoms with E-state index in [4.69, 9.17) is 0 Å². The zero-order valence-electron chi connectivity index (χ0n) is 10.8. The number of likely N-dealkylation sites (N-methyl/N-ethyl adjacent to an activating group) is 1. The van der Waals surface area contributed by atoms with Crippen molar-refractivity contribution in [1.82, 2.24) is 10.3 Å². The molecule has 104 valence electrons. The van der Waals surface area contributed by atoms with Gasteiger partial charge in [0.1, 0.15) is 11.9 Å². The predicted octanol–water partition coefficient (Wildman–Crippen LogP) is 2.33. The standard InChI is InChI=1S/C12H17BrN4O2/c1-14-6-9-4-2-3-5-16(9)12-10(13)7-15-8-11(12)17(18)19/h7-9,14H,2-6H2,1H3. The van der Waals surface area contributed by atoms with Crippen LogP contribution in [-0.2, 0) is 0 Å². The quantitative estimate of drug-likeness (QED) is 0.678. The zero-order chi connectivity index (χ0) is 13.8. The number of hydrogen-bond donors (Lipinski definition) is 1. The second-order valence-electron chi connectivity index (χ2n) is 4.65. The number of pyridine rings is 1. The average molecular weight is 329 g/mol. The van der Waals surface area contributed by atoms with Gasteiger partial charge in [0.15, 0.2) is 0 Å². The highest BCUT2D eigenvalue weighted by Gasteiger charge is 2.29. The van der Waals surface area contributed by atoms with Crippen molar-refractivity contribution in [3.05, 3.63) is 27.0 Å². The summed E-state index contributed by atoms with van der Waals surface area (Å²) in [7, 11) is 1.91. The molecule has 0 saturated carbocycles. The van der Waals surface area contributed by atoms with Crippen LogP contribution >= 0.6 is 15.9 Å². The number of nitrogens with one attached hydrogen (secondary N) is 1. The lowest BCUT2D eigenvalue weighted by molar-refractivity contribution is -0.384. The third-order valence-corrected chi connectivity index (χ3v) is 3.98. The first-order valence-corrected chi connectivity index (χ1v) is 7.13. The van der Waals surface area contributed by atoms with E-state index in [1.165, 1.54) is 12.6 Å². The molecule has 0 aliphatic carbocycles.